The summed E-state index contributed by atoms with van der Waals surface area (Å²) in [6, 6.07) is 3.59. The van der Waals surface area contributed by atoms with Crippen LogP contribution >= 0.6 is 0 Å². The highest BCUT2D eigenvalue weighted by molar-refractivity contribution is 5.90. The fourth-order valence-electron chi connectivity index (χ4n) is 1.76. The maximum Gasteiger partial charge on any atom is 0.224 e. The first-order valence-corrected chi connectivity index (χ1v) is 5.78. The van der Waals surface area contributed by atoms with Crippen molar-refractivity contribution in [3.63, 3.8) is 0 Å². The van der Waals surface area contributed by atoms with Crippen molar-refractivity contribution in [1.29, 1.82) is 0 Å². The van der Waals surface area contributed by atoms with Gasteiger partial charge in [-0.25, -0.2) is 0 Å². The molecular weight excluding hydrogens is 230 g/mol. The summed E-state index contributed by atoms with van der Waals surface area (Å²) < 4.78 is 5.05. The van der Waals surface area contributed by atoms with E-state index in [9.17, 15) is 4.79 Å². The quantitative estimate of drug-likeness (QED) is 0.897. The zero-order valence-corrected chi connectivity index (χ0v) is 10.4. The number of rotatable bonds is 4. The van der Waals surface area contributed by atoms with E-state index in [0.29, 0.717) is 18.5 Å². The van der Waals surface area contributed by atoms with E-state index in [4.69, 9.17) is 4.52 Å². The van der Waals surface area contributed by atoms with Gasteiger partial charge in [-0.15, -0.1) is 0 Å². The molecule has 94 valence electrons. The molecule has 5 heteroatoms. The Hall–Kier alpha value is -2.17. The molecule has 0 bridgehead atoms. The highest BCUT2D eigenvalue weighted by Gasteiger charge is 2.11. The number of hydrogen-bond acceptors (Lipinski definition) is 4. The molecule has 2 heterocycles. The first-order valence-electron chi connectivity index (χ1n) is 5.78. The van der Waals surface area contributed by atoms with Crippen molar-refractivity contribution in [2.75, 3.05) is 5.32 Å². The van der Waals surface area contributed by atoms with Crippen molar-refractivity contribution in [3.05, 3.63) is 41.5 Å². The molecule has 0 radical (unpaired) electrons. The minimum absolute atomic E-state index is 0.0389. The number of aromatic nitrogens is 2. The van der Waals surface area contributed by atoms with E-state index < -0.39 is 0 Å². The average molecular weight is 245 g/mol. The van der Waals surface area contributed by atoms with E-state index >= 15 is 0 Å². The van der Waals surface area contributed by atoms with Crippen molar-refractivity contribution in [3.8, 4) is 0 Å². The second-order valence-electron chi connectivity index (χ2n) is 4.09. The molecular formula is C13H15N3O2. The Kier molecular flexibility index (Phi) is 3.72. The summed E-state index contributed by atoms with van der Waals surface area (Å²) in [6.07, 6.45) is 4.32. The minimum atomic E-state index is -0.0389. The Morgan fingerprint density at radius 1 is 1.44 bits per heavy atom. The second kappa shape index (κ2) is 5.44. The maximum absolute atomic E-state index is 11.7. The number of aryl methyl sites for hydroxylation is 2. The molecule has 0 aromatic carbocycles. The first-order chi connectivity index (χ1) is 8.66. The molecule has 2 aromatic heterocycles. The third-order valence-electron chi connectivity index (χ3n) is 2.73. The molecule has 0 atom stereocenters. The molecule has 0 aliphatic carbocycles. The number of carbonyl (C=O) groups is 1. The van der Waals surface area contributed by atoms with Gasteiger partial charge in [0, 0.05) is 18.2 Å². The molecule has 2 aromatic rings. The molecule has 2 rings (SSSR count). The lowest BCUT2D eigenvalue weighted by molar-refractivity contribution is -0.116. The largest absolute Gasteiger partial charge is 0.361 e. The van der Waals surface area contributed by atoms with E-state index in [-0.39, 0.29) is 5.91 Å². The zero-order valence-electron chi connectivity index (χ0n) is 10.4. The summed E-state index contributed by atoms with van der Waals surface area (Å²) in [5, 5.41) is 6.65. The van der Waals surface area contributed by atoms with E-state index in [1.807, 2.05) is 13.8 Å². The van der Waals surface area contributed by atoms with Crippen LogP contribution < -0.4 is 5.32 Å². The van der Waals surface area contributed by atoms with Crippen LogP contribution in [0.3, 0.4) is 0 Å². The second-order valence-corrected chi connectivity index (χ2v) is 4.09. The molecule has 5 nitrogen and oxygen atoms in total. The van der Waals surface area contributed by atoms with Gasteiger partial charge < -0.3 is 9.84 Å². The van der Waals surface area contributed by atoms with Gasteiger partial charge in [-0.2, -0.15) is 0 Å². The molecule has 0 fully saturated rings. The number of anilines is 1. The normalized spacial score (nSPS) is 10.3. The van der Waals surface area contributed by atoms with Crippen molar-refractivity contribution < 1.29 is 9.32 Å². The van der Waals surface area contributed by atoms with Crippen molar-refractivity contribution in [2.45, 2.75) is 26.7 Å². The predicted octanol–water partition coefficient (Wildman–Crippen LogP) is 2.26. The smallest absolute Gasteiger partial charge is 0.224 e. The lowest BCUT2D eigenvalue weighted by Crippen LogP contribution is -2.12. The highest BCUT2D eigenvalue weighted by Crippen LogP contribution is 2.14. The van der Waals surface area contributed by atoms with Crippen LogP contribution in [0, 0.1) is 13.8 Å². The van der Waals surface area contributed by atoms with Gasteiger partial charge in [0.1, 0.15) is 5.76 Å². The van der Waals surface area contributed by atoms with Gasteiger partial charge in [-0.3, -0.25) is 9.78 Å². The number of hydrogen-bond donors (Lipinski definition) is 1. The molecule has 0 saturated carbocycles. The summed E-state index contributed by atoms with van der Waals surface area (Å²) in [5.74, 6) is 0.740. The van der Waals surface area contributed by atoms with Crippen LogP contribution in [0.4, 0.5) is 5.69 Å². The van der Waals surface area contributed by atoms with Gasteiger partial charge in [0.15, 0.2) is 0 Å². The van der Waals surface area contributed by atoms with Gasteiger partial charge in [0.25, 0.3) is 0 Å². The fraction of sp³-hybridized carbons (Fsp3) is 0.308. The lowest BCUT2D eigenvalue weighted by Gasteiger charge is -2.04. The summed E-state index contributed by atoms with van der Waals surface area (Å²) in [6.45, 7) is 3.74. The Bertz CT molecular complexity index is 515. The first kappa shape index (κ1) is 12.3. The fourth-order valence-corrected chi connectivity index (χ4v) is 1.76. The standard InChI is InChI=1S/C13H15N3O2/c1-9-12(10(2)18-16-9)5-6-13(17)15-11-4-3-7-14-8-11/h3-4,7-8H,5-6H2,1-2H3,(H,15,17). The van der Waals surface area contributed by atoms with Crippen LogP contribution in [-0.4, -0.2) is 16.0 Å². The van der Waals surface area contributed by atoms with Crippen molar-refractivity contribution in [1.82, 2.24) is 10.1 Å². The number of nitrogens with one attached hydrogen (secondary N) is 1. The summed E-state index contributed by atoms with van der Waals surface area (Å²) in [5.41, 5.74) is 2.57. The molecule has 18 heavy (non-hydrogen) atoms. The molecule has 0 aliphatic heterocycles. The monoisotopic (exact) mass is 245 g/mol. The highest BCUT2D eigenvalue weighted by atomic mass is 16.5. The minimum Gasteiger partial charge on any atom is -0.361 e. The molecule has 0 aliphatic rings. The topological polar surface area (TPSA) is 68.0 Å². The lowest BCUT2D eigenvalue weighted by atomic mass is 10.1. The molecule has 0 saturated heterocycles. The molecule has 0 spiro atoms. The third-order valence-corrected chi connectivity index (χ3v) is 2.73. The average Bonchev–Trinajstić information content (AvgIpc) is 2.68. The number of nitrogens with zero attached hydrogens (tertiary/aromatic N) is 2. The van der Waals surface area contributed by atoms with E-state index in [1.54, 1.807) is 24.5 Å². The predicted molar refractivity (Wildman–Crippen MR) is 67.2 cm³/mol. The molecule has 1 amide bonds. The van der Waals surface area contributed by atoms with Gasteiger partial charge in [0.05, 0.1) is 17.6 Å². The summed E-state index contributed by atoms with van der Waals surface area (Å²) >= 11 is 0. The van der Waals surface area contributed by atoms with Crippen LogP contribution in [0.2, 0.25) is 0 Å². The SMILES string of the molecule is Cc1noc(C)c1CCC(=O)Nc1cccnc1. The Labute approximate surface area is 105 Å². The van der Waals surface area contributed by atoms with Gasteiger partial charge in [-0.05, 0) is 32.4 Å². The number of amides is 1. The number of carbonyl (C=O) groups excluding carboxylic acids is 1. The molecule has 0 unspecified atom stereocenters. The van der Waals surface area contributed by atoms with Crippen molar-refractivity contribution >= 4 is 11.6 Å². The van der Waals surface area contributed by atoms with Crippen LogP contribution in [0.1, 0.15) is 23.4 Å². The summed E-state index contributed by atoms with van der Waals surface area (Å²) in [4.78, 5) is 15.7. The number of pyridine rings is 1. The Morgan fingerprint density at radius 2 is 2.28 bits per heavy atom. The van der Waals surface area contributed by atoms with Crippen LogP contribution in [0.15, 0.2) is 29.0 Å². The van der Waals surface area contributed by atoms with Crippen LogP contribution in [0.5, 0.6) is 0 Å². The van der Waals surface area contributed by atoms with E-state index in [0.717, 1.165) is 17.0 Å². The van der Waals surface area contributed by atoms with Crippen LogP contribution in [0.25, 0.3) is 0 Å². The zero-order chi connectivity index (χ0) is 13.0. The Balaban J connectivity index is 1.89. The van der Waals surface area contributed by atoms with E-state index in [1.165, 1.54) is 0 Å². The maximum atomic E-state index is 11.7. The van der Waals surface area contributed by atoms with E-state index in [2.05, 4.69) is 15.5 Å². The Morgan fingerprint density at radius 3 is 2.89 bits per heavy atom. The molecule has 1 N–H and O–H groups in total. The summed E-state index contributed by atoms with van der Waals surface area (Å²) in [7, 11) is 0. The van der Waals surface area contributed by atoms with Crippen LogP contribution in [-0.2, 0) is 11.2 Å². The van der Waals surface area contributed by atoms with Gasteiger partial charge in [-0.1, -0.05) is 5.16 Å². The van der Waals surface area contributed by atoms with Gasteiger partial charge in [0.2, 0.25) is 5.91 Å². The third kappa shape index (κ3) is 2.94. The van der Waals surface area contributed by atoms with Crippen molar-refractivity contribution in [2.24, 2.45) is 0 Å². The van der Waals surface area contributed by atoms with Gasteiger partial charge >= 0.3 is 0 Å².